The zero-order valence-electron chi connectivity index (χ0n) is 11.9. The Labute approximate surface area is 122 Å². The van der Waals surface area contributed by atoms with Crippen LogP contribution in [0.15, 0.2) is 18.3 Å². The van der Waals surface area contributed by atoms with Gasteiger partial charge in [0.1, 0.15) is 0 Å². The molecule has 112 valence electrons. The van der Waals surface area contributed by atoms with Crippen molar-refractivity contribution in [2.24, 2.45) is 7.05 Å². The van der Waals surface area contributed by atoms with Gasteiger partial charge in [-0.25, -0.2) is 0 Å². The molecular weight excluding hydrogens is 270 g/mol. The van der Waals surface area contributed by atoms with E-state index in [-0.39, 0.29) is 17.5 Å². The molecule has 0 spiro atoms. The molecule has 1 aliphatic rings. The first-order chi connectivity index (χ1) is 10.1. The van der Waals surface area contributed by atoms with E-state index >= 15 is 0 Å². The van der Waals surface area contributed by atoms with Crippen LogP contribution in [0.4, 0.5) is 0 Å². The molecule has 0 amide bonds. The highest BCUT2D eigenvalue weighted by molar-refractivity contribution is 5.53. The standard InChI is InChI=1S/C15H19N3O3/c1-18-12-4-2-3-11(10(12)8-17-18)16-7-9-5-6-13(19)15(21)14(9)20/h5-6,8,11,16,19-21H,2-4,7H2,1H3. The largest absolute Gasteiger partial charge is 0.504 e. The Hall–Kier alpha value is -2.21. The van der Waals surface area contributed by atoms with Gasteiger partial charge in [-0.1, -0.05) is 6.07 Å². The highest BCUT2D eigenvalue weighted by Crippen LogP contribution is 2.37. The maximum Gasteiger partial charge on any atom is 0.200 e. The van der Waals surface area contributed by atoms with Gasteiger partial charge in [-0.2, -0.15) is 5.10 Å². The Morgan fingerprint density at radius 3 is 2.90 bits per heavy atom. The third-order valence-corrected chi connectivity index (χ3v) is 4.13. The van der Waals surface area contributed by atoms with E-state index in [1.807, 2.05) is 17.9 Å². The summed E-state index contributed by atoms with van der Waals surface area (Å²) >= 11 is 0. The number of aromatic hydroxyl groups is 3. The molecule has 0 saturated heterocycles. The molecule has 2 aromatic rings. The van der Waals surface area contributed by atoms with Crippen LogP contribution in [-0.4, -0.2) is 25.1 Å². The summed E-state index contributed by atoms with van der Waals surface area (Å²) in [7, 11) is 1.95. The van der Waals surface area contributed by atoms with Crippen LogP contribution in [0.5, 0.6) is 17.2 Å². The van der Waals surface area contributed by atoms with Crippen molar-refractivity contribution in [3.8, 4) is 17.2 Å². The maximum absolute atomic E-state index is 9.84. The van der Waals surface area contributed by atoms with E-state index in [9.17, 15) is 15.3 Å². The molecule has 1 heterocycles. The first-order valence-electron chi connectivity index (χ1n) is 7.05. The van der Waals surface area contributed by atoms with Crippen molar-refractivity contribution >= 4 is 0 Å². The molecule has 6 nitrogen and oxygen atoms in total. The average molecular weight is 289 g/mol. The highest BCUT2D eigenvalue weighted by atomic mass is 16.3. The molecule has 1 aliphatic carbocycles. The number of hydrogen-bond donors (Lipinski definition) is 4. The monoisotopic (exact) mass is 289 g/mol. The molecule has 0 aliphatic heterocycles. The summed E-state index contributed by atoms with van der Waals surface area (Å²) in [5.74, 6) is -1.06. The number of aromatic nitrogens is 2. The van der Waals surface area contributed by atoms with Gasteiger partial charge in [0.05, 0.1) is 6.20 Å². The molecule has 0 bridgehead atoms. The highest BCUT2D eigenvalue weighted by Gasteiger charge is 2.23. The van der Waals surface area contributed by atoms with Crippen molar-refractivity contribution < 1.29 is 15.3 Å². The quantitative estimate of drug-likeness (QED) is 0.646. The third-order valence-electron chi connectivity index (χ3n) is 4.13. The summed E-state index contributed by atoms with van der Waals surface area (Å²) in [5.41, 5.74) is 3.00. The van der Waals surface area contributed by atoms with Gasteiger partial charge < -0.3 is 20.6 Å². The van der Waals surface area contributed by atoms with Gasteiger partial charge in [0.15, 0.2) is 11.5 Å². The van der Waals surface area contributed by atoms with Crippen molar-refractivity contribution in [2.75, 3.05) is 0 Å². The van der Waals surface area contributed by atoms with Crippen molar-refractivity contribution in [3.63, 3.8) is 0 Å². The van der Waals surface area contributed by atoms with E-state index in [1.54, 1.807) is 6.07 Å². The second kappa shape index (κ2) is 5.29. The molecule has 4 N–H and O–H groups in total. The second-order valence-corrected chi connectivity index (χ2v) is 5.44. The van der Waals surface area contributed by atoms with Gasteiger partial charge in [-0.3, -0.25) is 4.68 Å². The Morgan fingerprint density at radius 1 is 1.29 bits per heavy atom. The summed E-state index contributed by atoms with van der Waals surface area (Å²) in [6.45, 7) is 0.415. The number of phenolic OH excluding ortho intramolecular Hbond substituents is 3. The fourth-order valence-electron chi connectivity index (χ4n) is 2.90. The number of benzene rings is 1. The van der Waals surface area contributed by atoms with Crippen LogP contribution in [0, 0.1) is 0 Å². The maximum atomic E-state index is 9.84. The topological polar surface area (TPSA) is 90.5 Å². The molecule has 21 heavy (non-hydrogen) atoms. The lowest BCUT2D eigenvalue weighted by atomic mass is 9.93. The molecule has 0 saturated carbocycles. The van der Waals surface area contributed by atoms with Crippen molar-refractivity contribution in [3.05, 3.63) is 35.2 Å². The van der Waals surface area contributed by atoms with Crippen LogP contribution < -0.4 is 5.32 Å². The van der Waals surface area contributed by atoms with Gasteiger partial charge in [-0.15, -0.1) is 0 Å². The first kappa shape index (κ1) is 13.8. The van der Waals surface area contributed by atoms with E-state index in [1.165, 1.54) is 17.3 Å². The van der Waals surface area contributed by atoms with Crippen LogP contribution in [0.2, 0.25) is 0 Å². The first-order valence-corrected chi connectivity index (χ1v) is 7.05. The zero-order valence-corrected chi connectivity index (χ0v) is 11.9. The minimum Gasteiger partial charge on any atom is -0.504 e. The molecular formula is C15H19N3O3. The molecule has 1 aromatic carbocycles. The molecule has 1 unspecified atom stereocenters. The fourth-order valence-corrected chi connectivity index (χ4v) is 2.90. The fraction of sp³-hybridized carbons (Fsp3) is 0.400. The zero-order chi connectivity index (χ0) is 15.0. The molecule has 0 radical (unpaired) electrons. The predicted octanol–water partition coefficient (Wildman–Crippen LogP) is 1.70. The van der Waals surface area contributed by atoms with Gasteiger partial charge >= 0.3 is 0 Å². The Bertz CT molecular complexity index is 666. The number of nitrogens with one attached hydrogen (secondary N) is 1. The summed E-state index contributed by atoms with van der Waals surface area (Å²) < 4.78 is 1.91. The van der Waals surface area contributed by atoms with E-state index in [0.717, 1.165) is 19.3 Å². The van der Waals surface area contributed by atoms with Gasteiger partial charge in [-0.05, 0) is 25.3 Å². The van der Waals surface area contributed by atoms with Crippen LogP contribution in [0.3, 0.4) is 0 Å². The van der Waals surface area contributed by atoms with Crippen molar-refractivity contribution in [1.82, 2.24) is 15.1 Å². The molecule has 0 fully saturated rings. The Morgan fingerprint density at radius 2 is 2.10 bits per heavy atom. The number of rotatable bonds is 3. The minimum absolute atomic E-state index is 0.192. The number of fused-ring (bicyclic) bond motifs is 1. The summed E-state index contributed by atoms with van der Waals surface area (Å²) in [5, 5.41) is 36.4. The molecule has 6 heteroatoms. The molecule has 1 aromatic heterocycles. The van der Waals surface area contributed by atoms with E-state index in [4.69, 9.17) is 0 Å². The third kappa shape index (κ3) is 2.42. The normalized spacial score (nSPS) is 17.7. The SMILES string of the molecule is Cn1ncc2c1CCCC2NCc1ccc(O)c(O)c1O. The smallest absolute Gasteiger partial charge is 0.200 e. The number of hydrogen-bond acceptors (Lipinski definition) is 5. The van der Waals surface area contributed by atoms with Crippen LogP contribution >= 0.6 is 0 Å². The molecule has 3 rings (SSSR count). The van der Waals surface area contributed by atoms with Gasteiger partial charge in [0.2, 0.25) is 5.75 Å². The van der Waals surface area contributed by atoms with Crippen molar-refractivity contribution in [1.29, 1.82) is 0 Å². The Kier molecular flexibility index (Phi) is 3.47. The van der Waals surface area contributed by atoms with Crippen molar-refractivity contribution in [2.45, 2.75) is 31.8 Å². The van der Waals surface area contributed by atoms with Crippen LogP contribution in [0.1, 0.15) is 35.7 Å². The lowest BCUT2D eigenvalue weighted by Gasteiger charge is -2.24. The average Bonchev–Trinajstić information content (AvgIpc) is 2.86. The summed E-state index contributed by atoms with van der Waals surface area (Å²) in [6.07, 6.45) is 5.04. The van der Waals surface area contributed by atoms with Gasteiger partial charge in [0, 0.05) is 36.5 Å². The lowest BCUT2D eigenvalue weighted by molar-refractivity contribution is 0.362. The van der Waals surface area contributed by atoms with Crippen LogP contribution in [0.25, 0.3) is 0 Å². The predicted molar refractivity (Wildman–Crippen MR) is 77.2 cm³/mol. The summed E-state index contributed by atoms with van der Waals surface area (Å²) in [6, 6.07) is 3.17. The van der Waals surface area contributed by atoms with E-state index in [2.05, 4.69) is 10.4 Å². The Balaban J connectivity index is 1.76. The summed E-state index contributed by atoms with van der Waals surface area (Å²) in [4.78, 5) is 0. The van der Waals surface area contributed by atoms with E-state index in [0.29, 0.717) is 12.1 Å². The number of nitrogens with zero attached hydrogens (tertiary/aromatic N) is 2. The number of aryl methyl sites for hydroxylation is 1. The minimum atomic E-state index is -0.472. The van der Waals surface area contributed by atoms with Crippen LogP contribution in [-0.2, 0) is 20.0 Å². The molecule has 1 atom stereocenters. The van der Waals surface area contributed by atoms with Gasteiger partial charge in [0.25, 0.3) is 0 Å². The number of phenols is 3. The van der Waals surface area contributed by atoms with E-state index < -0.39 is 5.75 Å². The second-order valence-electron chi connectivity index (χ2n) is 5.44. The lowest BCUT2D eigenvalue weighted by Crippen LogP contribution is -2.24.